The van der Waals surface area contributed by atoms with Gasteiger partial charge in [0.15, 0.2) is 0 Å². The van der Waals surface area contributed by atoms with Gasteiger partial charge in [0.05, 0.1) is 19.1 Å². The number of carbonyl (C=O) groups excluding carboxylic acids is 1. The predicted octanol–water partition coefficient (Wildman–Crippen LogP) is 2.21. The first kappa shape index (κ1) is 13.6. The average Bonchev–Trinajstić information content (AvgIpc) is 2.37. The van der Waals surface area contributed by atoms with Gasteiger partial charge in [-0.2, -0.15) is 0 Å². The molecule has 0 fully saturated rings. The molecule has 0 aliphatic carbocycles. The van der Waals surface area contributed by atoms with Crippen molar-refractivity contribution in [3.05, 3.63) is 35.6 Å². The Labute approximate surface area is 101 Å². The van der Waals surface area contributed by atoms with Gasteiger partial charge in [-0.1, -0.05) is 19.1 Å². The summed E-state index contributed by atoms with van der Waals surface area (Å²) in [6.45, 7) is 1.97. The molecule has 0 spiro atoms. The average molecular weight is 239 g/mol. The first-order valence-electron chi connectivity index (χ1n) is 5.59. The van der Waals surface area contributed by atoms with E-state index in [2.05, 4.69) is 5.32 Å². The number of benzene rings is 1. The lowest BCUT2D eigenvalue weighted by Crippen LogP contribution is -2.41. The molecule has 0 saturated heterocycles. The number of rotatable bonds is 5. The highest BCUT2D eigenvalue weighted by Gasteiger charge is 2.31. The van der Waals surface area contributed by atoms with Gasteiger partial charge in [-0.15, -0.1) is 0 Å². The lowest BCUT2D eigenvalue weighted by atomic mass is 9.84. The fourth-order valence-electron chi connectivity index (χ4n) is 1.93. The van der Waals surface area contributed by atoms with Gasteiger partial charge in [0.1, 0.15) is 5.82 Å². The number of hydrogen-bond acceptors (Lipinski definition) is 3. The van der Waals surface area contributed by atoms with Crippen molar-refractivity contribution in [2.24, 2.45) is 0 Å². The Hall–Kier alpha value is -1.42. The number of methoxy groups -OCH3 is 1. The molecule has 0 aromatic heterocycles. The Kier molecular flexibility index (Phi) is 4.63. The van der Waals surface area contributed by atoms with Crippen LogP contribution in [0.5, 0.6) is 0 Å². The third kappa shape index (κ3) is 3.03. The third-order valence-corrected chi connectivity index (χ3v) is 3.15. The van der Waals surface area contributed by atoms with E-state index >= 15 is 0 Å². The monoisotopic (exact) mass is 239 g/mol. The normalized spacial score (nSPS) is 14.1. The summed E-state index contributed by atoms with van der Waals surface area (Å²) < 4.78 is 17.6. The van der Waals surface area contributed by atoms with Crippen molar-refractivity contribution in [2.45, 2.75) is 25.3 Å². The molecule has 0 aliphatic heterocycles. The summed E-state index contributed by atoms with van der Waals surface area (Å²) in [6.07, 6.45) is 0.937. The molecular weight excluding hydrogens is 221 g/mol. The summed E-state index contributed by atoms with van der Waals surface area (Å²) in [5.41, 5.74) is 0.384. The van der Waals surface area contributed by atoms with Crippen LogP contribution < -0.4 is 5.32 Å². The van der Waals surface area contributed by atoms with E-state index in [0.29, 0.717) is 6.42 Å². The second-order valence-electron chi connectivity index (χ2n) is 3.95. The molecule has 1 atom stereocenters. The van der Waals surface area contributed by atoms with Gasteiger partial charge in [0.2, 0.25) is 0 Å². The van der Waals surface area contributed by atoms with Crippen molar-refractivity contribution in [3.63, 3.8) is 0 Å². The maximum Gasteiger partial charge on any atom is 0.307 e. The lowest BCUT2D eigenvalue weighted by molar-refractivity contribution is -0.142. The van der Waals surface area contributed by atoms with E-state index in [1.807, 2.05) is 6.92 Å². The molecule has 1 aromatic carbocycles. The first-order valence-corrected chi connectivity index (χ1v) is 5.59. The van der Waals surface area contributed by atoms with Crippen molar-refractivity contribution in [1.29, 1.82) is 0 Å². The Morgan fingerprint density at radius 2 is 2.00 bits per heavy atom. The summed E-state index contributed by atoms with van der Waals surface area (Å²) in [4.78, 5) is 11.4. The molecule has 0 heterocycles. The van der Waals surface area contributed by atoms with Gasteiger partial charge in [-0.3, -0.25) is 4.79 Å². The van der Waals surface area contributed by atoms with Crippen LogP contribution in [0, 0.1) is 5.82 Å². The maximum atomic E-state index is 12.9. The fraction of sp³-hybridized carbons (Fsp3) is 0.462. The summed E-state index contributed by atoms with van der Waals surface area (Å²) in [5, 5.41) is 3.14. The van der Waals surface area contributed by atoms with E-state index in [1.165, 1.54) is 19.2 Å². The Balaban J connectivity index is 3.05. The molecule has 94 valence electrons. The molecule has 0 saturated carbocycles. The van der Waals surface area contributed by atoms with Crippen LogP contribution in [0.15, 0.2) is 24.3 Å². The molecule has 17 heavy (non-hydrogen) atoms. The van der Waals surface area contributed by atoms with Crippen LogP contribution in [0.3, 0.4) is 0 Å². The zero-order valence-electron chi connectivity index (χ0n) is 10.4. The number of ether oxygens (including phenoxy) is 1. The van der Waals surface area contributed by atoms with Crippen molar-refractivity contribution in [1.82, 2.24) is 5.32 Å². The van der Waals surface area contributed by atoms with Crippen molar-refractivity contribution < 1.29 is 13.9 Å². The highest BCUT2D eigenvalue weighted by atomic mass is 19.1. The van der Waals surface area contributed by atoms with Crippen LogP contribution in [0.4, 0.5) is 4.39 Å². The van der Waals surface area contributed by atoms with Gasteiger partial charge in [-0.25, -0.2) is 4.39 Å². The van der Waals surface area contributed by atoms with Gasteiger partial charge >= 0.3 is 5.97 Å². The Morgan fingerprint density at radius 1 is 1.41 bits per heavy atom. The number of esters is 1. The molecule has 0 bridgehead atoms. The van der Waals surface area contributed by atoms with Gasteiger partial charge in [-0.05, 0) is 31.2 Å². The third-order valence-electron chi connectivity index (χ3n) is 3.15. The highest BCUT2D eigenvalue weighted by molar-refractivity contribution is 5.71. The quantitative estimate of drug-likeness (QED) is 0.801. The molecule has 4 heteroatoms. The molecule has 0 aliphatic rings. The Bertz CT molecular complexity index is 372. The van der Waals surface area contributed by atoms with Crippen molar-refractivity contribution in [3.8, 4) is 0 Å². The van der Waals surface area contributed by atoms with Crippen LogP contribution in [0.25, 0.3) is 0 Å². The summed E-state index contributed by atoms with van der Waals surface area (Å²) in [7, 11) is 3.15. The SMILES string of the molecule is CCC(CC(=O)OC)(NC)c1ccc(F)cc1. The van der Waals surface area contributed by atoms with Crippen molar-refractivity contribution >= 4 is 5.97 Å². The molecule has 1 rings (SSSR count). The van der Waals surface area contributed by atoms with Gasteiger partial charge in [0, 0.05) is 0 Å². The molecule has 1 aromatic rings. The standard InChI is InChI=1S/C13H18FNO2/c1-4-13(15-2,9-12(16)17-3)10-5-7-11(14)8-6-10/h5-8,15H,4,9H2,1-3H3. The predicted molar refractivity (Wildman–Crippen MR) is 64.1 cm³/mol. The molecule has 3 nitrogen and oxygen atoms in total. The highest BCUT2D eigenvalue weighted by Crippen LogP contribution is 2.29. The zero-order valence-corrected chi connectivity index (χ0v) is 10.4. The molecule has 0 amide bonds. The smallest absolute Gasteiger partial charge is 0.307 e. The zero-order chi connectivity index (χ0) is 12.9. The van der Waals surface area contributed by atoms with Crippen LogP contribution >= 0.6 is 0 Å². The fourth-order valence-corrected chi connectivity index (χ4v) is 1.93. The van der Waals surface area contributed by atoms with Crippen LogP contribution in [0.2, 0.25) is 0 Å². The first-order chi connectivity index (χ1) is 8.07. The minimum Gasteiger partial charge on any atom is -0.469 e. The molecule has 0 radical (unpaired) electrons. The molecule has 1 N–H and O–H groups in total. The van der Waals surface area contributed by atoms with E-state index in [1.54, 1.807) is 19.2 Å². The lowest BCUT2D eigenvalue weighted by Gasteiger charge is -2.32. The minimum atomic E-state index is -0.499. The van der Waals surface area contributed by atoms with Gasteiger partial charge in [0.25, 0.3) is 0 Å². The second-order valence-corrected chi connectivity index (χ2v) is 3.95. The summed E-state index contributed by atoms with van der Waals surface area (Å²) in [5.74, 6) is -0.571. The number of halogens is 1. The van der Waals surface area contributed by atoms with Crippen molar-refractivity contribution in [2.75, 3.05) is 14.2 Å². The van der Waals surface area contributed by atoms with E-state index in [9.17, 15) is 9.18 Å². The number of carbonyl (C=O) groups is 1. The van der Waals surface area contributed by atoms with Crippen LogP contribution in [-0.2, 0) is 15.1 Å². The summed E-state index contributed by atoms with van der Waals surface area (Å²) >= 11 is 0. The summed E-state index contributed by atoms with van der Waals surface area (Å²) in [6, 6.07) is 6.18. The van der Waals surface area contributed by atoms with E-state index in [-0.39, 0.29) is 18.2 Å². The largest absolute Gasteiger partial charge is 0.469 e. The van der Waals surface area contributed by atoms with Crippen LogP contribution in [0.1, 0.15) is 25.3 Å². The van der Waals surface area contributed by atoms with E-state index in [0.717, 1.165) is 5.56 Å². The minimum absolute atomic E-state index is 0.224. The maximum absolute atomic E-state index is 12.9. The number of nitrogens with one attached hydrogen (secondary N) is 1. The molecule has 1 unspecified atom stereocenters. The van der Waals surface area contributed by atoms with E-state index < -0.39 is 5.54 Å². The topological polar surface area (TPSA) is 38.3 Å². The van der Waals surface area contributed by atoms with Crippen LogP contribution in [-0.4, -0.2) is 20.1 Å². The Morgan fingerprint density at radius 3 is 2.41 bits per heavy atom. The number of hydrogen-bond donors (Lipinski definition) is 1. The molecular formula is C13H18FNO2. The second kappa shape index (κ2) is 5.77. The van der Waals surface area contributed by atoms with Gasteiger partial charge < -0.3 is 10.1 Å². The van der Waals surface area contributed by atoms with E-state index in [4.69, 9.17) is 4.74 Å².